The highest BCUT2D eigenvalue weighted by Crippen LogP contribution is 2.26. The predicted octanol–water partition coefficient (Wildman–Crippen LogP) is 1.33. The molecule has 8 heteroatoms. The van der Waals surface area contributed by atoms with Crippen molar-refractivity contribution in [3.8, 4) is 12.3 Å². The molecule has 0 spiro atoms. The van der Waals surface area contributed by atoms with E-state index in [0.717, 1.165) is 24.9 Å². The Kier molecular flexibility index (Phi) is 7.35. The lowest BCUT2D eigenvalue weighted by atomic mass is 9.90. The molecule has 1 aromatic heterocycles. The molecule has 0 aliphatic carbocycles. The van der Waals surface area contributed by atoms with Crippen molar-refractivity contribution in [2.75, 3.05) is 31.1 Å². The summed E-state index contributed by atoms with van der Waals surface area (Å²) in [6.07, 6.45) is 10.2. The van der Waals surface area contributed by atoms with Crippen LogP contribution in [0.25, 0.3) is 0 Å². The second-order valence-electron chi connectivity index (χ2n) is 9.50. The van der Waals surface area contributed by atoms with E-state index in [1.807, 2.05) is 35.2 Å². The van der Waals surface area contributed by atoms with Gasteiger partial charge in [0.2, 0.25) is 5.91 Å². The molecular weight excluding hydrogens is 430 g/mol. The molecule has 180 valence electrons. The molecule has 34 heavy (non-hydrogen) atoms. The first-order chi connectivity index (χ1) is 16.4. The summed E-state index contributed by atoms with van der Waals surface area (Å²) < 4.78 is 1.45. The number of nitrogens with zero attached hydrogens (tertiary/aromatic N) is 4. The molecule has 0 saturated carbocycles. The fourth-order valence-corrected chi connectivity index (χ4v) is 4.84. The monoisotopic (exact) mass is 463 g/mol. The van der Waals surface area contributed by atoms with Crippen LogP contribution in [0.1, 0.15) is 43.6 Å². The Labute approximate surface area is 200 Å². The number of hydrogen-bond donors (Lipinski definition) is 2. The van der Waals surface area contributed by atoms with Crippen molar-refractivity contribution in [3.63, 3.8) is 0 Å². The number of amides is 1. The van der Waals surface area contributed by atoms with Crippen molar-refractivity contribution in [1.29, 1.82) is 0 Å². The predicted molar refractivity (Wildman–Crippen MR) is 131 cm³/mol. The molecule has 0 radical (unpaired) electrons. The second-order valence-corrected chi connectivity index (χ2v) is 9.50. The number of likely N-dealkylation sites (tertiary alicyclic amines) is 1. The second kappa shape index (κ2) is 10.4. The van der Waals surface area contributed by atoms with E-state index in [1.165, 1.54) is 17.0 Å². The number of anilines is 1. The van der Waals surface area contributed by atoms with Gasteiger partial charge in [0.15, 0.2) is 0 Å². The minimum absolute atomic E-state index is 0.0169. The molecule has 0 bridgehead atoms. The summed E-state index contributed by atoms with van der Waals surface area (Å²) in [4.78, 5) is 33.8. The van der Waals surface area contributed by atoms with Crippen LogP contribution in [0, 0.1) is 12.3 Å². The lowest BCUT2D eigenvalue weighted by Gasteiger charge is -2.38. The van der Waals surface area contributed by atoms with Crippen LogP contribution in [0.2, 0.25) is 0 Å². The Hall–Kier alpha value is -3.15. The topological polar surface area (TPSA) is 105 Å². The maximum Gasteiger partial charge on any atom is 0.255 e. The zero-order chi connectivity index (χ0) is 24.1. The molecule has 2 fully saturated rings. The lowest BCUT2D eigenvalue weighted by molar-refractivity contribution is -0.136. The number of hydrogen-bond acceptors (Lipinski definition) is 6. The molecular formula is C26H33N5O3. The number of aliphatic hydroxyl groups is 1. The summed E-state index contributed by atoms with van der Waals surface area (Å²) in [5.74, 6) is 3.06. The molecule has 3 N–H and O–H groups in total. The third kappa shape index (κ3) is 5.66. The highest BCUT2D eigenvalue weighted by atomic mass is 16.3. The molecule has 4 rings (SSSR count). The van der Waals surface area contributed by atoms with E-state index in [0.29, 0.717) is 38.3 Å². The molecule has 2 aliphatic rings. The van der Waals surface area contributed by atoms with Crippen LogP contribution in [-0.2, 0) is 11.3 Å². The van der Waals surface area contributed by atoms with Crippen LogP contribution in [-0.4, -0.2) is 63.3 Å². The quantitative estimate of drug-likeness (QED) is 0.627. The van der Waals surface area contributed by atoms with Gasteiger partial charge in [-0.05, 0) is 31.2 Å². The number of benzene rings is 1. The fraction of sp³-hybridized carbons (Fsp3) is 0.500. The van der Waals surface area contributed by atoms with E-state index < -0.39 is 5.60 Å². The highest BCUT2D eigenvalue weighted by molar-refractivity contribution is 5.77. The van der Waals surface area contributed by atoms with Gasteiger partial charge in [-0.2, -0.15) is 0 Å². The van der Waals surface area contributed by atoms with Gasteiger partial charge in [0.05, 0.1) is 24.4 Å². The largest absolute Gasteiger partial charge is 0.388 e. The minimum Gasteiger partial charge on any atom is -0.388 e. The molecule has 2 aliphatic heterocycles. The van der Waals surface area contributed by atoms with Crippen molar-refractivity contribution in [3.05, 3.63) is 58.6 Å². The average molecular weight is 464 g/mol. The van der Waals surface area contributed by atoms with Crippen molar-refractivity contribution in [1.82, 2.24) is 14.5 Å². The average Bonchev–Trinajstić information content (AvgIpc) is 2.84. The highest BCUT2D eigenvalue weighted by Gasteiger charge is 2.35. The van der Waals surface area contributed by atoms with Crippen molar-refractivity contribution >= 4 is 11.7 Å². The first-order valence-corrected chi connectivity index (χ1v) is 12.0. The van der Waals surface area contributed by atoms with Gasteiger partial charge in [-0.15, -0.1) is 6.42 Å². The van der Waals surface area contributed by atoms with Gasteiger partial charge in [0, 0.05) is 44.7 Å². The van der Waals surface area contributed by atoms with E-state index in [2.05, 4.69) is 10.9 Å². The van der Waals surface area contributed by atoms with Crippen molar-refractivity contribution in [2.45, 2.75) is 56.2 Å². The minimum atomic E-state index is -1.07. The number of carbonyl (C=O) groups is 1. The van der Waals surface area contributed by atoms with Gasteiger partial charge in [0.1, 0.15) is 5.82 Å². The van der Waals surface area contributed by atoms with Crippen LogP contribution in [0.3, 0.4) is 0 Å². The number of rotatable bonds is 6. The maximum atomic E-state index is 12.8. The van der Waals surface area contributed by atoms with Crippen LogP contribution < -0.4 is 16.2 Å². The molecule has 1 amide bonds. The first kappa shape index (κ1) is 24.0. The van der Waals surface area contributed by atoms with E-state index >= 15 is 0 Å². The Morgan fingerprint density at radius 2 is 2.00 bits per heavy atom. The smallest absolute Gasteiger partial charge is 0.255 e. The Morgan fingerprint density at radius 1 is 1.26 bits per heavy atom. The van der Waals surface area contributed by atoms with Gasteiger partial charge in [-0.3, -0.25) is 14.2 Å². The molecule has 2 aromatic rings. The van der Waals surface area contributed by atoms with Crippen LogP contribution >= 0.6 is 0 Å². The third-order valence-corrected chi connectivity index (χ3v) is 6.94. The molecule has 2 atom stereocenters. The van der Waals surface area contributed by atoms with Gasteiger partial charge >= 0.3 is 0 Å². The summed E-state index contributed by atoms with van der Waals surface area (Å²) in [6, 6.07) is 11.2. The number of nitrogens with two attached hydrogens (primary N) is 1. The number of aromatic nitrogens is 2. The molecule has 8 nitrogen and oxygen atoms in total. The number of terminal acetylenes is 1. The van der Waals surface area contributed by atoms with E-state index in [9.17, 15) is 14.7 Å². The van der Waals surface area contributed by atoms with Gasteiger partial charge < -0.3 is 20.6 Å². The summed E-state index contributed by atoms with van der Waals surface area (Å²) >= 11 is 0. The van der Waals surface area contributed by atoms with E-state index in [-0.39, 0.29) is 36.4 Å². The van der Waals surface area contributed by atoms with E-state index in [1.54, 1.807) is 4.90 Å². The Balaban J connectivity index is 1.33. The van der Waals surface area contributed by atoms with Crippen molar-refractivity contribution in [2.24, 2.45) is 5.73 Å². The Morgan fingerprint density at radius 3 is 2.65 bits per heavy atom. The number of piperidine rings is 2. The summed E-state index contributed by atoms with van der Waals surface area (Å²) in [6.45, 7) is 2.52. The van der Waals surface area contributed by atoms with Crippen LogP contribution in [0.15, 0.2) is 47.5 Å². The molecule has 2 saturated heterocycles. The lowest BCUT2D eigenvalue weighted by Crippen LogP contribution is -2.50. The summed E-state index contributed by atoms with van der Waals surface area (Å²) in [5.41, 5.74) is 5.73. The summed E-state index contributed by atoms with van der Waals surface area (Å²) in [5, 5.41) is 11.1. The van der Waals surface area contributed by atoms with Crippen LogP contribution in [0.4, 0.5) is 5.82 Å². The Bertz CT molecular complexity index is 1090. The van der Waals surface area contributed by atoms with Gasteiger partial charge in [0.25, 0.3) is 5.56 Å². The molecule has 1 aromatic carbocycles. The summed E-state index contributed by atoms with van der Waals surface area (Å²) in [7, 11) is 0. The van der Waals surface area contributed by atoms with E-state index in [4.69, 9.17) is 12.2 Å². The standard InChI is InChI=1S/C26H33N5O3/c1-2-20(21-7-4-3-5-8-21)15-24(32)29-13-10-26(34,11-14-29)18-31-19-28-23(16-25(31)33)30-12-6-9-22(27)17-30/h1,3-5,7-8,16,19-20,22,34H,6,9-15,17-18,27H2/t20-,22+/m1/s1. The molecule has 3 heterocycles. The van der Waals surface area contributed by atoms with Gasteiger partial charge in [-0.1, -0.05) is 36.3 Å². The maximum absolute atomic E-state index is 12.8. The third-order valence-electron chi connectivity index (χ3n) is 6.94. The fourth-order valence-electron chi connectivity index (χ4n) is 4.84. The SMILES string of the molecule is C#C[C@H](CC(=O)N1CCC(O)(Cn2cnc(N3CCC[C@H](N)C3)cc2=O)CC1)c1ccccc1. The van der Waals surface area contributed by atoms with Crippen LogP contribution in [0.5, 0.6) is 0 Å². The van der Waals surface area contributed by atoms with Gasteiger partial charge in [-0.25, -0.2) is 4.98 Å². The zero-order valence-corrected chi connectivity index (χ0v) is 19.5. The first-order valence-electron chi connectivity index (χ1n) is 12.0. The number of carbonyl (C=O) groups excluding carboxylic acids is 1. The van der Waals surface area contributed by atoms with Crippen molar-refractivity contribution < 1.29 is 9.90 Å². The molecule has 0 unspecified atom stereocenters. The zero-order valence-electron chi connectivity index (χ0n) is 19.5. The normalized spacial score (nSPS) is 21.0.